The number of para-hydroxylation sites is 1. The van der Waals surface area contributed by atoms with E-state index in [-0.39, 0.29) is 18.0 Å². The predicted octanol–water partition coefficient (Wildman–Crippen LogP) is 3.67. The number of amides is 1. The lowest BCUT2D eigenvalue weighted by atomic mass is 10.2. The Morgan fingerprint density at radius 3 is 2.77 bits per heavy atom. The number of nitrogens with one attached hydrogen (secondary N) is 1. The van der Waals surface area contributed by atoms with Crippen LogP contribution < -0.4 is 14.8 Å². The zero-order valence-electron chi connectivity index (χ0n) is 16.6. The van der Waals surface area contributed by atoms with Crippen molar-refractivity contribution in [2.24, 2.45) is 0 Å². The van der Waals surface area contributed by atoms with Gasteiger partial charge in [0, 0.05) is 18.2 Å². The SMILES string of the molecule is C[C@@H](Sc1nnc(C2CC2)n1-c1ccccc1)C(=O)NCc1ccc2c(c1)OCO2. The van der Waals surface area contributed by atoms with Gasteiger partial charge < -0.3 is 14.8 Å². The highest BCUT2D eigenvalue weighted by Crippen LogP contribution is 2.41. The number of ether oxygens (including phenoxy) is 2. The highest BCUT2D eigenvalue weighted by atomic mass is 32.2. The molecule has 1 atom stereocenters. The number of aromatic nitrogens is 3. The smallest absolute Gasteiger partial charge is 0.233 e. The average Bonchev–Trinajstić information content (AvgIpc) is 3.36. The summed E-state index contributed by atoms with van der Waals surface area (Å²) >= 11 is 1.43. The zero-order chi connectivity index (χ0) is 20.5. The lowest BCUT2D eigenvalue weighted by molar-refractivity contribution is -0.120. The first-order chi connectivity index (χ1) is 14.7. The number of thioether (sulfide) groups is 1. The molecular formula is C22H22N4O3S. The molecule has 30 heavy (non-hydrogen) atoms. The van der Waals surface area contributed by atoms with Crippen LogP contribution in [0.25, 0.3) is 5.69 Å². The van der Waals surface area contributed by atoms with E-state index in [4.69, 9.17) is 9.47 Å². The molecule has 7 nitrogen and oxygen atoms in total. The molecule has 1 fully saturated rings. The summed E-state index contributed by atoms with van der Waals surface area (Å²) in [6, 6.07) is 15.8. The molecule has 3 aromatic rings. The van der Waals surface area contributed by atoms with Crippen molar-refractivity contribution in [2.45, 2.75) is 42.6 Å². The number of hydrogen-bond acceptors (Lipinski definition) is 6. The van der Waals surface area contributed by atoms with Crippen LogP contribution in [0.1, 0.15) is 37.1 Å². The van der Waals surface area contributed by atoms with Crippen molar-refractivity contribution < 1.29 is 14.3 Å². The molecule has 8 heteroatoms. The van der Waals surface area contributed by atoms with Crippen molar-refractivity contribution >= 4 is 17.7 Å². The lowest BCUT2D eigenvalue weighted by Gasteiger charge is -2.14. The van der Waals surface area contributed by atoms with Crippen molar-refractivity contribution in [2.75, 3.05) is 6.79 Å². The topological polar surface area (TPSA) is 78.3 Å². The Hall–Kier alpha value is -3.00. The molecule has 2 aliphatic rings. The molecule has 154 valence electrons. The Kier molecular flexibility index (Phi) is 5.08. The first kappa shape index (κ1) is 19.0. The third-order valence-electron chi connectivity index (χ3n) is 5.17. The average molecular weight is 423 g/mol. The van der Waals surface area contributed by atoms with Gasteiger partial charge >= 0.3 is 0 Å². The Bertz CT molecular complexity index is 1070. The molecule has 1 aliphatic heterocycles. The number of rotatable bonds is 7. The molecule has 1 amide bonds. The third kappa shape index (κ3) is 3.87. The van der Waals surface area contributed by atoms with E-state index in [0.29, 0.717) is 18.2 Å². The molecule has 0 saturated heterocycles. The van der Waals surface area contributed by atoms with E-state index in [9.17, 15) is 4.79 Å². The van der Waals surface area contributed by atoms with Gasteiger partial charge in [-0.25, -0.2) is 0 Å². The Balaban J connectivity index is 1.27. The van der Waals surface area contributed by atoms with Crippen molar-refractivity contribution in [1.29, 1.82) is 0 Å². The van der Waals surface area contributed by atoms with Gasteiger partial charge in [0.15, 0.2) is 16.7 Å². The summed E-state index contributed by atoms with van der Waals surface area (Å²) in [5.41, 5.74) is 1.99. The van der Waals surface area contributed by atoms with E-state index in [1.54, 1.807) is 0 Å². The molecule has 5 rings (SSSR count). The van der Waals surface area contributed by atoms with E-state index >= 15 is 0 Å². The van der Waals surface area contributed by atoms with Gasteiger partial charge in [-0.15, -0.1) is 10.2 Å². The second-order valence-electron chi connectivity index (χ2n) is 7.45. The molecule has 2 aromatic carbocycles. The molecule has 1 aliphatic carbocycles. The van der Waals surface area contributed by atoms with E-state index in [1.807, 2.05) is 55.5 Å². The first-order valence-corrected chi connectivity index (χ1v) is 10.9. The minimum Gasteiger partial charge on any atom is -0.454 e. The molecule has 0 bridgehead atoms. The van der Waals surface area contributed by atoms with Gasteiger partial charge in [-0.3, -0.25) is 9.36 Å². The number of benzene rings is 2. The van der Waals surface area contributed by atoms with Crippen molar-refractivity contribution in [3.05, 3.63) is 59.9 Å². The Labute approximate surface area is 178 Å². The van der Waals surface area contributed by atoms with E-state index < -0.39 is 0 Å². The van der Waals surface area contributed by atoms with Crippen LogP contribution in [0, 0.1) is 0 Å². The van der Waals surface area contributed by atoms with Crippen LogP contribution in [0.4, 0.5) is 0 Å². The summed E-state index contributed by atoms with van der Waals surface area (Å²) in [5, 5.41) is 12.3. The van der Waals surface area contributed by atoms with Gasteiger partial charge in [-0.1, -0.05) is 36.0 Å². The van der Waals surface area contributed by atoms with Crippen LogP contribution >= 0.6 is 11.8 Å². The molecule has 0 radical (unpaired) electrons. The van der Waals surface area contributed by atoms with Crippen LogP contribution in [-0.2, 0) is 11.3 Å². The van der Waals surface area contributed by atoms with Crippen molar-refractivity contribution in [3.8, 4) is 17.2 Å². The number of carbonyl (C=O) groups is 1. The fraction of sp³-hybridized carbons (Fsp3) is 0.318. The van der Waals surface area contributed by atoms with Crippen LogP contribution in [0.2, 0.25) is 0 Å². The fourth-order valence-electron chi connectivity index (χ4n) is 3.38. The van der Waals surface area contributed by atoms with E-state index in [1.165, 1.54) is 11.8 Å². The largest absolute Gasteiger partial charge is 0.454 e. The number of nitrogens with zero attached hydrogens (tertiary/aromatic N) is 3. The summed E-state index contributed by atoms with van der Waals surface area (Å²) in [5.74, 6) is 2.85. The molecule has 1 N–H and O–H groups in total. The normalized spacial score (nSPS) is 15.8. The van der Waals surface area contributed by atoms with Gasteiger partial charge in [-0.05, 0) is 49.6 Å². The molecule has 1 saturated carbocycles. The van der Waals surface area contributed by atoms with E-state index in [0.717, 1.165) is 40.8 Å². The molecule has 2 heterocycles. The van der Waals surface area contributed by atoms with Crippen molar-refractivity contribution in [1.82, 2.24) is 20.1 Å². The van der Waals surface area contributed by atoms with Gasteiger partial charge in [0.05, 0.1) is 5.25 Å². The Morgan fingerprint density at radius 1 is 1.17 bits per heavy atom. The van der Waals surface area contributed by atoms with Crippen LogP contribution in [0.15, 0.2) is 53.7 Å². The first-order valence-electron chi connectivity index (χ1n) is 10.0. The summed E-state index contributed by atoms with van der Waals surface area (Å²) in [4.78, 5) is 12.7. The number of hydrogen-bond donors (Lipinski definition) is 1. The lowest BCUT2D eigenvalue weighted by Crippen LogP contribution is -2.30. The predicted molar refractivity (Wildman–Crippen MR) is 113 cm³/mol. The quantitative estimate of drug-likeness (QED) is 0.586. The van der Waals surface area contributed by atoms with Gasteiger partial charge in [0.1, 0.15) is 5.82 Å². The standard InChI is InChI=1S/C22H22N4O3S/c1-14(21(27)23-12-15-7-10-18-19(11-15)29-13-28-18)30-22-25-24-20(16-8-9-16)26(22)17-5-3-2-4-6-17/h2-7,10-11,14,16H,8-9,12-13H2,1H3,(H,23,27)/t14-/m1/s1. The van der Waals surface area contributed by atoms with Gasteiger partial charge in [-0.2, -0.15) is 0 Å². The summed E-state index contributed by atoms with van der Waals surface area (Å²) in [6.45, 7) is 2.56. The maximum Gasteiger partial charge on any atom is 0.233 e. The molecule has 1 aromatic heterocycles. The number of fused-ring (bicyclic) bond motifs is 1. The monoisotopic (exact) mass is 422 g/mol. The molecular weight excluding hydrogens is 400 g/mol. The molecule has 0 spiro atoms. The summed E-state index contributed by atoms with van der Waals surface area (Å²) in [7, 11) is 0. The second kappa shape index (κ2) is 8.02. The molecule has 0 unspecified atom stereocenters. The minimum absolute atomic E-state index is 0.0479. The van der Waals surface area contributed by atoms with Crippen LogP contribution in [0.5, 0.6) is 11.5 Å². The van der Waals surface area contributed by atoms with Crippen LogP contribution in [0.3, 0.4) is 0 Å². The van der Waals surface area contributed by atoms with E-state index in [2.05, 4.69) is 20.1 Å². The number of carbonyl (C=O) groups excluding carboxylic acids is 1. The maximum atomic E-state index is 12.7. The Morgan fingerprint density at radius 2 is 1.97 bits per heavy atom. The summed E-state index contributed by atoms with van der Waals surface area (Å²) < 4.78 is 12.8. The fourth-order valence-corrected chi connectivity index (χ4v) is 4.28. The third-order valence-corrected chi connectivity index (χ3v) is 6.21. The zero-order valence-corrected chi connectivity index (χ0v) is 17.4. The summed E-state index contributed by atoms with van der Waals surface area (Å²) in [6.07, 6.45) is 2.28. The van der Waals surface area contributed by atoms with Crippen LogP contribution in [-0.4, -0.2) is 32.7 Å². The van der Waals surface area contributed by atoms with Gasteiger partial charge in [0.25, 0.3) is 0 Å². The highest BCUT2D eigenvalue weighted by Gasteiger charge is 2.31. The maximum absolute atomic E-state index is 12.7. The minimum atomic E-state index is -0.308. The van der Waals surface area contributed by atoms with Gasteiger partial charge in [0.2, 0.25) is 12.7 Å². The highest BCUT2D eigenvalue weighted by molar-refractivity contribution is 8.00. The van der Waals surface area contributed by atoms with Crippen molar-refractivity contribution in [3.63, 3.8) is 0 Å². The second-order valence-corrected chi connectivity index (χ2v) is 8.76.